The van der Waals surface area contributed by atoms with E-state index in [0.717, 1.165) is 0 Å². The Morgan fingerprint density at radius 3 is 0.353 bits per heavy atom. The first kappa shape index (κ1) is 68.8. The van der Waals surface area contributed by atoms with Gasteiger partial charge in [0.05, 0.1) is 0 Å². The van der Waals surface area contributed by atoms with Crippen molar-refractivity contribution in [2.24, 2.45) is 0 Å². The molecule has 0 fully saturated rings. The van der Waals surface area contributed by atoms with Crippen LogP contribution in [0.1, 0.15) is 0 Å². The van der Waals surface area contributed by atoms with E-state index in [1.807, 2.05) is 0 Å². The van der Waals surface area contributed by atoms with E-state index < -0.39 is 14.5 Å². The third-order valence-corrected chi connectivity index (χ3v) is 0. The second kappa shape index (κ2) is 24.9. The minimum atomic E-state index is -6.00. The summed E-state index contributed by atoms with van der Waals surface area (Å²) in [5.41, 5.74) is 0. The standard InChI is InChI=1S/2BF4.Ni.6H2O/c2*2-1(3,4)5;;;;;;;/h;;;6*1H2/q2*-1;+2;;;;;;. The summed E-state index contributed by atoms with van der Waals surface area (Å²) >= 11 is 0. The largest absolute Gasteiger partial charge is 2.00 e. The summed E-state index contributed by atoms with van der Waals surface area (Å²) in [6, 6.07) is 0. The Labute approximate surface area is 99.3 Å². The molecule has 0 aliphatic carbocycles. The topological polar surface area (TPSA) is 189 Å². The monoisotopic (exact) mass is 340 g/mol. The van der Waals surface area contributed by atoms with Crippen LogP contribution in [0.5, 0.6) is 0 Å². The van der Waals surface area contributed by atoms with Gasteiger partial charge >= 0.3 is 31.0 Å². The average molecular weight is 340 g/mol. The van der Waals surface area contributed by atoms with Gasteiger partial charge in [0.2, 0.25) is 0 Å². The van der Waals surface area contributed by atoms with Crippen LogP contribution in [-0.4, -0.2) is 47.4 Å². The zero-order valence-electron chi connectivity index (χ0n) is 7.49. The molecule has 0 aliphatic rings. The van der Waals surface area contributed by atoms with Gasteiger partial charge in [0.15, 0.2) is 0 Å². The Hall–Kier alpha value is -0.177. The van der Waals surface area contributed by atoms with Crippen LogP contribution in [0.15, 0.2) is 0 Å². The fourth-order valence-electron chi connectivity index (χ4n) is 0. The quantitative estimate of drug-likeness (QED) is 0.337. The zero-order valence-corrected chi connectivity index (χ0v) is 8.48. The number of hydrogen-bond acceptors (Lipinski definition) is 0. The molecule has 0 aromatic rings. The van der Waals surface area contributed by atoms with Gasteiger partial charge in [0, 0.05) is 0 Å². The number of halogens is 8. The van der Waals surface area contributed by atoms with Crippen LogP contribution in [0.2, 0.25) is 0 Å². The molecular weight excluding hydrogens is 328 g/mol. The SMILES string of the molecule is F[B-](F)(F)F.F[B-](F)(F)F.O.O.O.O.O.O.[Ni+2]. The summed E-state index contributed by atoms with van der Waals surface area (Å²) in [5, 5.41) is 0. The maximum absolute atomic E-state index is 9.75. The van der Waals surface area contributed by atoms with E-state index in [-0.39, 0.29) is 49.3 Å². The van der Waals surface area contributed by atoms with E-state index in [4.69, 9.17) is 0 Å². The van der Waals surface area contributed by atoms with Crippen LogP contribution in [-0.2, 0) is 16.5 Å². The Morgan fingerprint density at radius 2 is 0.353 bits per heavy atom. The van der Waals surface area contributed by atoms with Crippen LogP contribution in [0, 0.1) is 0 Å². The summed E-state index contributed by atoms with van der Waals surface area (Å²) in [6.45, 7) is 0. The summed E-state index contributed by atoms with van der Waals surface area (Å²) < 4.78 is 78.0. The van der Waals surface area contributed by atoms with Crippen molar-refractivity contribution in [3.63, 3.8) is 0 Å². The molecule has 0 saturated heterocycles. The molecule has 17 heavy (non-hydrogen) atoms. The van der Waals surface area contributed by atoms with E-state index in [1.165, 1.54) is 0 Å². The maximum atomic E-state index is 9.75. The molecule has 0 amide bonds. The van der Waals surface area contributed by atoms with E-state index in [2.05, 4.69) is 0 Å². The number of rotatable bonds is 0. The van der Waals surface area contributed by atoms with Crippen molar-refractivity contribution in [2.75, 3.05) is 0 Å². The molecule has 0 bridgehead atoms. The first-order valence-corrected chi connectivity index (χ1v) is 1.75. The molecule has 0 atom stereocenters. The van der Waals surface area contributed by atoms with Crippen LogP contribution >= 0.6 is 0 Å². The zero-order chi connectivity index (χ0) is 9.00. The normalized spacial score (nSPS) is 7.06. The van der Waals surface area contributed by atoms with Crippen LogP contribution in [0.25, 0.3) is 0 Å². The molecule has 6 nitrogen and oxygen atoms in total. The van der Waals surface area contributed by atoms with E-state index in [9.17, 15) is 34.5 Å². The first-order chi connectivity index (χ1) is 4.00. The molecule has 12 N–H and O–H groups in total. The first-order valence-electron chi connectivity index (χ1n) is 1.75. The molecule has 120 valence electrons. The van der Waals surface area contributed by atoms with Gasteiger partial charge in [-0.25, -0.2) is 0 Å². The molecule has 0 unspecified atom stereocenters. The molecule has 0 aromatic carbocycles. The predicted octanol–water partition coefficient (Wildman–Crippen LogP) is -2.35. The number of hydrogen-bond donors (Lipinski definition) is 0. The second-order valence-electron chi connectivity index (χ2n) is 0.990. The van der Waals surface area contributed by atoms with Gasteiger partial charge in [-0.1, -0.05) is 0 Å². The van der Waals surface area contributed by atoms with Crippen LogP contribution in [0.3, 0.4) is 0 Å². The molecule has 0 spiro atoms. The van der Waals surface area contributed by atoms with Gasteiger partial charge < -0.3 is 67.4 Å². The second-order valence-corrected chi connectivity index (χ2v) is 0.990. The average Bonchev–Trinajstić information content (AvgIpc) is 1.12. The van der Waals surface area contributed by atoms with E-state index in [1.54, 1.807) is 0 Å². The van der Waals surface area contributed by atoms with Gasteiger partial charge in [-0.2, -0.15) is 0 Å². The predicted molar refractivity (Wildman–Crippen MR) is 42.1 cm³/mol. The summed E-state index contributed by atoms with van der Waals surface area (Å²) in [6.07, 6.45) is 0. The van der Waals surface area contributed by atoms with Gasteiger partial charge in [0.1, 0.15) is 0 Å². The minimum Gasteiger partial charge on any atom is -0.418 e. The minimum absolute atomic E-state index is 0. The van der Waals surface area contributed by atoms with Crippen molar-refractivity contribution in [1.82, 2.24) is 0 Å². The van der Waals surface area contributed by atoms with Crippen molar-refractivity contribution in [2.45, 2.75) is 0 Å². The van der Waals surface area contributed by atoms with E-state index in [0.29, 0.717) is 0 Å². The van der Waals surface area contributed by atoms with Crippen molar-refractivity contribution in [1.29, 1.82) is 0 Å². The van der Waals surface area contributed by atoms with E-state index >= 15 is 0 Å². The fraction of sp³-hybridized carbons (Fsp3) is 0. The Balaban J connectivity index is -0.00000000762. The van der Waals surface area contributed by atoms with Crippen molar-refractivity contribution in [3.05, 3.63) is 0 Å². The van der Waals surface area contributed by atoms with Gasteiger partial charge in [-0.3, -0.25) is 0 Å². The molecule has 0 saturated carbocycles. The van der Waals surface area contributed by atoms with Gasteiger partial charge in [-0.05, 0) is 0 Å². The van der Waals surface area contributed by atoms with Gasteiger partial charge in [-0.15, -0.1) is 0 Å². The maximum Gasteiger partial charge on any atom is 2.00 e. The van der Waals surface area contributed by atoms with Crippen molar-refractivity contribution < 1.29 is 83.9 Å². The third-order valence-electron chi connectivity index (χ3n) is 0. The van der Waals surface area contributed by atoms with Crippen molar-refractivity contribution >= 4 is 14.5 Å². The Bertz CT molecular complexity index is 71.0. The Kier molecular flexibility index (Phi) is 101. The summed E-state index contributed by atoms with van der Waals surface area (Å²) in [7, 11) is -12.0. The molecule has 17 heteroatoms. The van der Waals surface area contributed by atoms with Gasteiger partial charge in [0.25, 0.3) is 0 Å². The van der Waals surface area contributed by atoms with Crippen LogP contribution in [0.4, 0.5) is 34.5 Å². The van der Waals surface area contributed by atoms with Crippen LogP contribution < -0.4 is 0 Å². The molecule has 0 heterocycles. The molecule has 0 rings (SSSR count). The fourth-order valence-corrected chi connectivity index (χ4v) is 0. The molecular formula is H12B2F8NiO6. The summed E-state index contributed by atoms with van der Waals surface area (Å²) in [4.78, 5) is 0. The summed E-state index contributed by atoms with van der Waals surface area (Å²) in [5.74, 6) is 0. The molecule has 0 aromatic heterocycles. The molecule has 0 radical (unpaired) electrons. The Morgan fingerprint density at radius 1 is 0.353 bits per heavy atom. The third kappa shape index (κ3) is 96900. The smallest absolute Gasteiger partial charge is 0.418 e. The van der Waals surface area contributed by atoms with Crippen molar-refractivity contribution in [3.8, 4) is 0 Å². The molecule has 0 aliphatic heterocycles.